The van der Waals surface area contributed by atoms with Gasteiger partial charge in [-0.05, 0) is 24.3 Å². The van der Waals surface area contributed by atoms with Crippen molar-refractivity contribution in [3.05, 3.63) is 75.5 Å². The summed E-state index contributed by atoms with van der Waals surface area (Å²) in [6.07, 6.45) is -0.167. The SMILES string of the molecule is O=C1CC(C(=O)Nc2ccccc2Cl)c2c(nc(Nc3ccccc3)[nH]c2=O)N1. The van der Waals surface area contributed by atoms with E-state index in [1.807, 2.05) is 18.2 Å². The van der Waals surface area contributed by atoms with Gasteiger partial charge < -0.3 is 16.0 Å². The molecule has 0 saturated carbocycles. The molecule has 0 bridgehead atoms. The first-order valence-corrected chi connectivity index (χ1v) is 9.20. The minimum atomic E-state index is -0.989. The highest BCUT2D eigenvalue weighted by Gasteiger charge is 2.35. The molecule has 8 nitrogen and oxygen atoms in total. The fraction of sp³-hybridized carbons (Fsp3) is 0.100. The monoisotopic (exact) mass is 409 g/mol. The van der Waals surface area contributed by atoms with E-state index in [1.54, 1.807) is 36.4 Å². The van der Waals surface area contributed by atoms with Crippen molar-refractivity contribution in [1.82, 2.24) is 9.97 Å². The van der Waals surface area contributed by atoms with Gasteiger partial charge in [-0.15, -0.1) is 0 Å². The molecule has 1 atom stereocenters. The lowest BCUT2D eigenvalue weighted by atomic mass is 9.92. The molecule has 0 fully saturated rings. The molecule has 1 aliphatic heterocycles. The fourth-order valence-corrected chi connectivity index (χ4v) is 3.28. The quantitative estimate of drug-likeness (QED) is 0.528. The van der Waals surface area contributed by atoms with Crippen molar-refractivity contribution in [2.24, 2.45) is 0 Å². The lowest BCUT2D eigenvalue weighted by molar-refractivity contribution is -0.123. The van der Waals surface area contributed by atoms with Crippen molar-refractivity contribution in [2.75, 3.05) is 16.0 Å². The Bertz CT molecular complexity index is 1150. The summed E-state index contributed by atoms with van der Waals surface area (Å²) >= 11 is 6.08. The Morgan fingerprint density at radius 3 is 2.55 bits per heavy atom. The van der Waals surface area contributed by atoms with Gasteiger partial charge >= 0.3 is 0 Å². The first kappa shape index (κ1) is 18.7. The third kappa shape index (κ3) is 3.97. The van der Waals surface area contributed by atoms with Crippen LogP contribution in [0.1, 0.15) is 17.9 Å². The molecule has 2 heterocycles. The van der Waals surface area contributed by atoms with Gasteiger partial charge in [-0.2, -0.15) is 4.98 Å². The van der Waals surface area contributed by atoms with Crippen molar-refractivity contribution < 1.29 is 9.59 Å². The van der Waals surface area contributed by atoms with Crippen LogP contribution in [0.2, 0.25) is 5.02 Å². The number of aromatic amines is 1. The van der Waals surface area contributed by atoms with Crippen LogP contribution in [0.25, 0.3) is 0 Å². The highest BCUT2D eigenvalue weighted by Crippen LogP contribution is 2.31. The Hall–Kier alpha value is -3.65. The zero-order valence-electron chi connectivity index (χ0n) is 15.0. The summed E-state index contributed by atoms with van der Waals surface area (Å²) in [6, 6.07) is 15.8. The maximum absolute atomic E-state index is 12.8. The van der Waals surface area contributed by atoms with Crippen LogP contribution in [0, 0.1) is 0 Å². The Kier molecular flexibility index (Phi) is 5.01. The number of nitrogens with one attached hydrogen (secondary N) is 4. The molecular weight excluding hydrogens is 394 g/mol. The van der Waals surface area contributed by atoms with E-state index >= 15 is 0 Å². The summed E-state index contributed by atoms with van der Waals surface area (Å²) in [6.45, 7) is 0. The van der Waals surface area contributed by atoms with E-state index in [9.17, 15) is 14.4 Å². The van der Waals surface area contributed by atoms with Gasteiger partial charge in [0.25, 0.3) is 5.56 Å². The van der Waals surface area contributed by atoms with E-state index in [0.717, 1.165) is 0 Å². The highest BCUT2D eigenvalue weighted by molar-refractivity contribution is 6.33. The second-order valence-electron chi connectivity index (χ2n) is 6.44. The third-order valence-electron chi connectivity index (χ3n) is 4.44. The molecule has 2 amide bonds. The summed E-state index contributed by atoms with van der Waals surface area (Å²) in [5, 5.41) is 8.57. The number of halogens is 1. The van der Waals surface area contributed by atoms with Crippen molar-refractivity contribution in [2.45, 2.75) is 12.3 Å². The lowest BCUT2D eigenvalue weighted by Gasteiger charge is -2.23. The Balaban J connectivity index is 1.66. The summed E-state index contributed by atoms with van der Waals surface area (Å²) < 4.78 is 0. The van der Waals surface area contributed by atoms with Crippen molar-refractivity contribution >= 4 is 46.6 Å². The second-order valence-corrected chi connectivity index (χ2v) is 6.85. The summed E-state index contributed by atoms with van der Waals surface area (Å²) in [5.74, 6) is -1.68. The number of H-pyrrole nitrogens is 1. The molecule has 4 N–H and O–H groups in total. The molecule has 3 aromatic rings. The summed E-state index contributed by atoms with van der Waals surface area (Å²) in [7, 11) is 0. The van der Waals surface area contributed by atoms with Crippen LogP contribution >= 0.6 is 11.6 Å². The van der Waals surface area contributed by atoms with Crippen LogP contribution in [0.5, 0.6) is 0 Å². The molecule has 0 aliphatic carbocycles. The van der Waals surface area contributed by atoms with Crippen molar-refractivity contribution in [3.8, 4) is 0 Å². The zero-order chi connectivity index (χ0) is 20.4. The molecule has 2 aromatic carbocycles. The smallest absolute Gasteiger partial charge is 0.258 e. The Morgan fingerprint density at radius 1 is 1.07 bits per heavy atom. The van der Waals surface area contributed by atoms with E-state index in [0.29, 0.717) is 16.4 Å². The molecule has 9 heteroatoms. The standard InChI is InChI=1S/C20H16ClN5O3/c21-13-8-4-5-9-14(13)23-18(28)12-10-15(27)24-17-16(12)19(29)26-20(25-17)22-11-6-2-1-3-7-11/h1-9,12H,10H2,(H,23,28)(H3,22,24,25,26,27,29). The second kappa shape index (κ2) is 7.76. The number of carbonyl (C=O) groups excluding carboxylic acids is 2. The predicted octanol–water partition coefficient (Wildman–Crippen LogP) is 3.23. The molecule has 0 saturated heterocycles. The first-order chi connectivity index (χ1) is 14.0. The fourth-order valence-electron chi connectivity index (χ4n) is 3.10. The lowest BCUT2D eigenvalue weighted by Crippen LogP contribution is -2.36. The Morgan fingerprint density at radius 2 is 1.79 bits per heavy atom. The van der Waals surface area contributed by atoms with Crippen molar-refractivity contribution in [1.29, 1.82) is 0 Å². The molecule has 1 unspecified atom stereocenters. The third-order valence-corrected chi connectivity index (χ3v) is 4.77. The number of carbonyl (C=O) groups is 2. The van der Waals surface area contributed by atoms with Crippen LogP contribution in [0.15, 0.2) is 59.4 Å². The van der Waals surface area contributed by atoms with Gasteiger partial charge in [-0.3, -0.25) is 19.4 Å². The van der Waals surface area contributed by atoms with Gasteiger partial charge in [0, 0.05) is 12.1 Å². The predicted molar refractivity (Wildman–Crippen MR) is 111 cm³/mol. The van der Waals surface area contributed by atoms with Crippen LogP contribution in [-0.2, 0) is 9.59 Å². The Labute approximate surface area is 170 Å². The number of nitrogens with zero attached hydrogens (tertiary/aromatic N) is 1. The normalized spacial score (nSPS) is 15.2. The van der Waals surface area contributed by atoms with Crippen LogP contribution in [0.4, 0.5) is 23.1 Å². The van der Waals surface area contributed by atoms with Gasteiger partial charge in [0.15, 0.2) is 0 Å². The number of amides is 2. The summed E-state index contributed by atoms with van der Waals surface area (Å²) in [4.78, 5) is 44.6. The largest absolute Gasteiger partial charge is 0.326 e. The zero-order valence-corrected chi connectivity index (χ0v) is 15.8. The molecule has 0 radical (unpaired) electrons. The van der Waals surface area contributed by atoms with Gasteiger partial charge in [0.2, 0.25) is 17.8 Å². The number of hydrogen-bond donors (Lipinski definition) is 4. The van der Waals surface area contributed by atoms with E-state index in [2.05, 4.69) is 25.9 Å². The number of para-hydroxylation sites is 2. The highest BCUT2D eigenvalue weighted by atomic mass is 35.5. The molecule has 1 aromatic heterocycles. The maximum atomic E-state index is 12.8. The van der Waals surface area contributed by atoms with Gasteiger partial charge in [0.1, 0.15) is 5.82 Å². The average Bonchev–Trinajstić information content (AvgIpc) is 2.69. The number of anilines is 4. The number of aromatic nitrogens is 2. The van der Waals surface area contributed by atoms with Gasteiger partial charge in [-0.25, -0.2) is 0 Å². The van der Waals surface area contributed by atoms with Crippen molar-refractivity contribution in [3.63, 3.8) is 0 Å². The minimum absolute atomic E-state index is 0.0581. The maximum Gasteiger partial charge on any atom is 0.258 e. The number of hydrogen-bond acceptors (Lipinski definition) is 5. The molecule has 4 rings (SSSR count). The summed E-state index contributed by atoms with van der Waals surface area (Å²) in [5.41, 5.74) is 0.713. The average molecular weight is 410 g/mol. The number of benzene rings is 2. The molecule has 146 valence electrons. The molecular formula is C20H16ClN5O3. The van der Waals surface area contributed by atoms with Crippen LogP contribution in [-0.4, -0.2) is 21.8 Å². The van der Waals surface area contributed by atoms with Crippen LogP contribution in [0.3, 0.4) is 0 Å². The topological polar surface area (TPSA) is 116 Å². The van der Waals surface area contributed by atoms with E-state index in [-0.39, 0.29) is 23.8 Å². The van der Waals surface area contributed by atoms with E-state index in [1.165, 1.54) is 0 Å². The van der Waals surface area contributed by atoms with Gasteiger partial charge in [0.05, 0.1) is 22.2 Å². The number of rotatable bonds is 4. The first-order valence-electron chi connectivity index (χ1n) is 8.83. The van der Waals surface area contributed by atoms with E-state index in [4.69, 9.17) is 11.6 Å². The number of fused-ring (bicyclic) bond motifs is 1. The minimum Gasteiger partial charge on any atom is -0.326 e. The molecule has 1 aliphatic rings. The van der Waals surface area contributed by atoms with Gasteiger partial charge in [-0.1, -0.05) is 41.9 Å². The van der Waals surface area contributed by atoms with E-state index < -0.39 is 23.3 Å². The van der Waals surface area contributed by atoms with Crippen LogP contribution < -0.4 is 21.5 Å². The molecule has 0 spiro atoms. The molecule has 29 heavy (non-hydrogen) atoms.